The molecule has 0 fully saturated rings. The zero-order valence-corrected chi connectivity index (χ0v) is 12.7. The van der Waals surface area contributed by atoms with Gasteiger partial charge in [0.05, 0.1) is 12.7 Å². The Morgan fingerprint density at radius 3 is 2.76 bits per heavy atom. The second-order valence-electron chi connectivity index (χ2n) is 4.94. The lowest BCUT2D eigenvalue weighted by Gasteiger charge is -2.25. The largest absolute Gasteiger partial charge is 0.389 e. The van der Waals surface area contributed by atoms with E-state index in [1.165, 1.54) is 5.56 Å². The molecule has 1 atom stereocenters. The number of hydrogen-bond acceptors (Lipinski definition) is 4. The van der Waals surface area contributed by atoms with Crippen molar-refractivity contribution in [2.24, 2.45) is 0 Å². The molecule has 0 aliphatic carbocycles. The molecule has 1 N–H and O–H groups in total. The Morgan fingerprint density at radius 2 is 2.10 bits per heavy atom. The molecule has 4 nitrogen and oxygen atoms in total. The molecule has 0 aliphatic heterocycles. The molecule has 0 radical (unpaired) electrons. The molecule has 0 saturated carbocycles. The second-order valence-corrected chi connectivity index (χ2v) is 4.94. The quantitative estimate of drug-likeness (QED) is 0.496. The highest BCUT2D eigenvalue weighted by Crippen LogP contribution is 2.06. The molecule has 1 aromatic rings. The topological polar surface area (TPSA) is 41.9 Å². The summed E-state index contributed by atoms with van der Waals surface area (Å²) < 4.78 is 10.3. The van der Waals surface area contributed by atoms with E-state index in [9.17, 15) is 5.11 Å². The van der Waals surface area contributed by atoms with E-state index in [1.807, 2.05) is 18.2 Å². The van der Waals surface area contributed by atoms with Gasteiger partial charge in [0, 0.05) is 33.4 Å². The number of methoxy groups -OCH3 is 1. The first-order valence-corrected chi connectivity index (χ1v) is 7.20. The monoisotopic (exact) mass is 291 g/mol. The first-order valence-electron chi connectivity index (χ1n) is 7.20. The Balaban J connectivity index is 2.45. The van der Waals surface area contributed by atoms with Crippen LogP contribution < -0.4 is 0 Å². The minimum Gasteiger partial charge on any atom is -0.389 e. The molecule has 0 unspecified atom stereocenters. The smallest absolute Gasteiger partial charge is 0.107 e. The van der Waals surface area contributed by atoms with E-state index in [0.29, 0.717) is 6.54 Å². The van der Waals surface area contributed by atoms with Crippen molar-refractivity contribution >= 4 is 0 Å². The van der Waals surface area contributed by atoms with Crippen LogP contribution in [-0.4, -0.2) is 56.1 Å². The molecule has 0 heterocycles. The van der Waals surface area contributed by atoms with Gasteiger partial charge in [-0.2, -0.15) is 0 Å². The Bertz CT molecular complexity index is 402. The van der Waals surface area contributed by atoms with Crippen molar-refractivity contribution in [1.29, 1.82) is 0 Å². The highest BCUT2D eigenvalue weighted by atomic mass is 16.5. The van der Waals surface area contributed by atoms with Gasteiger partial charge in [0.2, 0.25) is 0 Å². The van der Waals surface area contributed by atoms with Crippen LogP contribution in [0.2, 0.25) is 0 Å². The zero-order chi connectivity index (χ0) is 15.3. The average molecular weight is 291 g/mol. The molecule has 0 amide bonds. The van der Waals surface area contributed by atoms with E-state index in [4.69, 9.17) is 15.9 Å². The van der Waals surface area contributed by atoms with Crippen molar-refractivity contribution in [2.45, 2.75) is 19.1 Å². The Hall–Kier alpha value is -1.38. The molecular formula is C17H25NO3. The Morgan fingerprint density at radius 1 is 1.33 bits per heavy atom. The van der Waals surface area contributed by atoms with Crippen LogP contribution in [0.3, 0.4) is 0 Å². The number of ether oxygens (including phenoxy) is 2. The van der Waals surface area contributed by atoms with E-state index in [2.05, 4.69) is 23.0 Å². The van der Waals surface area contributed by atoms with Gasteiger partial charge < -0.3 is 14.6 Å². The Kier molecular flexibility index (Phi) is 9.51. The maximum absolute atomic E-state index is 10.0. The third-order valence-electron chi connectivity index (χ3n) is 3.04. The predicted octanol–water partition coefficient (Wildman–Crippen LogP) is 1.54. The lowest BCUT2D eigenvalue weighted by atomic mass is 10.2. The molecule has 21 heavy (non-hydrogen) atoms. The lowest BCUT2D eigenvalue weighted by molar-refractivity contribution is 0.0244. The predicted molar refractivity (Wildman–Crippen MR) is 83.9 cm³/mol. The van der Waals surface area contributed by atoms with Crippen LogP contribution in [0.5, 0.6) is 0 Å². The van der Waals surface area contributed by atoms with Crippen molar-refractivity contribution in [3.63, 3.8) is 0 Å². The fraction of sp³-hybridized carbons (Fsp3) is 0.529. The SMILES string of the molecule is C#CCOC[C@H](O)CN(CCCOC)Cc1ccccc1. The second kappa shape index (κ2) is 11.3. The summed E-state index contributed by atoms with van der Waals surface area (Å²) in [5.41, 5.74) is 1.23. The Labute approximate surface area is 127 Å². The summed E-state index contributed by atoms with van der Waals surface area (Å²) >= 11 is 0. The minimum atomic E-state index is -0.537. The number of rotatable bonds is 11. The summed E-state index contributed by atoms with van der Waals surface area (Å²) in [7, 11) is 1.70. The van der Waals surface area contributed by atoms with Crippen molar-refractivity contribution in [3.8, 4) is 12.3 Å². The molecule has 0 spiro atoms. The summed E-state index contributed by atoms with van der Waals surface area (Å²) in [6.45, 7) is 3.45. The van der Waals surface area contributed by atoms with Gasteiger partial charge in [-0.3, -0.25) is 4.90 Å². The molecule has 4 heteroatoms. The van der Waals surface area contributed by atoms with Gasteiger partial charge in [-0.25, -0.2) is 0 Å². The number of aliphatic hydroxyl groups excluding tert-OH is 1. The van der Waals surface area contributed by atoms with Crippen LogP contribution >= 0.6 is 0 Å². The van der Waals surface area contributed by atoms with Crippen LogP contribution in [0, 0.1) is 12.3 Å². The van der Waals surface area contributed by atoms with Crippen LogP contribution in [0.15, 0.2) is 30.3 Å². The third kappa shape index (κ3) is 8.49. The number of hydrogen-bond donors (Lipinski definition) is 1. The normalized spacial score (nSPS) is 12.3. The summed E-state index contributed by atoms with van der Waals surface area (Å²) in [4.78, 5) is 2.21. The number of terminal acetylenes is 1. The standard InChI is InChI=1S/C17H25NO3/c1-3-11-21-15-17(19)14-18(10-7-12-20-2)13-16-8-5-4-6-9-16/h1,4-6,8-9,17,19H,7,10-15H2,2H3/t17-/m1/s1. The lowest BCUT2D eigenvalue weighted by Crippen LogP contribution is -2.35. The summed E-state index contributed by atoms with van der Waals surface area (Å²) in [6.07, 6.45) is 5.51. The van der Waals surface area contributed by atoms with Crippen molar-refractivity contribution in [3.05, 3.63) is 35.9 Å². The van der Waals surface area contributed by atoms with Crippen LogP contribution in [0.4, 0.5) is 0 Å². The number of aliphatic hydroxyl groups is 1. The van der Waals surface area contributed by atoms with Crippen LogP contribution in [-0.2, 0) is 16.0 Å². The van der Waals surface area contributed by atoms with Crippen molar-refractivity contribution in [2.75, 3.05) is 40.0 Å². The van der Waals surface area contributed by atoms with Gasteiger partial charge in [-0.15, -0.1) is 6.42 Å². The van der Waals surface area contributed by atoms with Crippen LogP contribution in [0.25, 0.3) is 0 Å². The average Bonchev–Trinajstić information content (AvgIpc) is 2.48. The minimum absolute atomic E-state index is 0.236. The summed E-state index contributed by atoms with van der Waals surface area (Å²) in [5.74, 6) is 2.39. The summed E-state index contributed by atoms with van der Waals surface area (Å²) in [5, 5.41) is 10.0. The van der Waals surface area contributed by atoms with Gasteiger partial charge in [0.15, 0.2) is 0 Å². The first-order chi connectivity index (χ1) is 10.3. The van der Waals surface area contributed by atoms with Gasteiger partial charge in [-0.1, -0.05) is 36.3 Å². The van der Waals surface area contributed by atoms with Gasteiger partial charge in [0.25, 0.3) is 0 Å². The molecule has 0 aromatic heterocycles. The molecule has 0 saturated heterocycles. The van der Waals surface area contributed by atoms with Crippen molar-refractivity contribution < 1.29 is 14.6 Å². The molecule has 0 bridgehead atoms. The maximum Gasteiger partial charge on any atom is 0.107 e. The third-order valence-corrected chi connectivity index (χ3v) is 3.04. The molecule has 116 valence electrons. The fourth-order valence-corrected chi connectivity index (χ4v) is 2.11. The van der Waals surface area contributed by atoms with Gasteiger partial charge in [0.1, 0.15) is 6.61 Å². The number of benzene rings is 1. The van der Waals surface area contributed by atoms with Gasteiger partial charge in [-0.05, 0) is 12.0 Å². The number of nitrogens with zero attached hydrogens (tertiary/aromatic N) is 1. The fourth-order valence-electron chi connectivity index (χ4n) is 2.11. The highest BCUT2D eigenvalue weighted by molar-refractivity contribution is 5.14. The summed E-state index contributed by atoms with van der Waals surface area (Å²) in [6, 6.07) is 10.2. The zero-order valence-electron chi connectivity index (χ0n) is 12.7. The van der Waals surface area contributed by atoms with E-state index in [1.54, 1.807) is 7.11 Å². The maximum atomic E-state index is 10.0. The van der Waals surface area contributed by atoms with E-state index in [0.717, 1.165) is 26.1 Å². The van der Waals surface area contributed by atoms with Gasteiger partial charge >= 0.3 is 0 Å². The molecule has 1 rings (SSSR count). The first kappa shape index (κ1) is 17.7. The molecule has 0 aliphatic rings. The van der Waals surface area contributed by atoms with E-state index >= 15 is 0 Å². The van der Waals surface area contributed by atoms with Crippen LogP contribution in [0.1, 0.15) is 12.0 Å². The molecule has 1 aromatic carbocycles. The van der Waals surface area contributed by atoms with Crippen molar-refractivity contribution in [1.82, 2.24) is 4.90 Å². The van der Waals surface area contributed by atoms with E-state index < -0.39 is 6.10 Å². The molecular weight excluding hydrogens is 266 g/mol. The van der Waals surface area contributed by atoms with E-state index in [-0.39, 0.29) is 13.2 Å². The highest BCUT2D eigenvalue weighted by Gasteiger charge is 2.12.